The lowest BCUT2D eigenvalue weighted by molar-refractivity contribution is 0.291. The molecule has 0 saturated heterocycles. The van der Waals surface area contributed by atoms with Gasteiger partial charge < -0.3 is 10.5 Å². The van der Waals surface area contributed by atoms with Gasteiger partial charge in [0.05, 0.1) is 11.3 Å². The first-order chi connectivity index (χ1) is 16.7. The summed E-state index contributed by atoms with van der Waals surface area (Å²) in [4.78, 5) is 18.6. The lowest BCUT2D eigenvalue weighted by Gasteiger charge is -2.11. The van der Waals surface area contributed by atoms with Gasteiger partial charge in [-0.1, -0.05) is 12.1 Å². The maximum Gasteiger partial charge on any atom is 0.213 e. The summed E-state index contributed by atoms with van der Waals surface area (Å²) in [5.74, 6) is 2.18. The van der Waals surface area contributed by atoms with Crippen molar-refractivity contribution in [1.29, 1.82) is 0 Å². The highest BCUT2D eigenvalue weighted by Crippen LogP contribution is 2.32. The van der Waals surface area contributed by atoms with Gasteiger partial charge in [-0.05, 0) is 60.9 Å². The minimum absolute atomic E-state index is 0.311. The molecule has 0 amide bonds. The van der Waals surface area contributed by atoms with E-state index in [2.05, 4.69) is 9.97 Å². The zero-order chi connectivity index (χ0) is 23.1. The van der Waals surface area contributed by atoms with Gasteiger partial charge >= 0.3 is 0 Å². The number of fused-ring (bicyclic) bond motifs is 1. The van der Waals surface area contributed by atoms with E-state index in [0.717, 1.165) is 46.4 Å². The molecule has 1 saturated carbocycles. The van der Waals surface area contributed by atoms with Crippen LogP contribution in [0.15, 0.2) is 73.1 Å². The predicted molar refractivity (Wildman–Crippen MR) is 133 cm³/mol. The third kappa shape index (κ3) is 3.84. The van der Waals surface area contributed by atoms with Crippen molar-refractivity contribution in [3.8, 4) is 34.2 Å². The van der Waals surface area contributed by atoms with Gasteiger partial charge in [0.1, 0.15) is 17.4 Å². The van der Waals surface area contributed by atoms with Crippen molar-refractivity contribution >= 4 is 28.6 Å². The van der Waals surface area contributed by atoms with E-state index < -0.39 is 0 Å². The Hall–Kier alpha value is -3.97. The van der Waals surface area contributed by atoms with Crippen LogP contribution >= 0.6 is 11.6 Å². The number of benzene rings is 1. The second-order valence-corrected chi connectivity index (χ2v) is 8.52. The summed E-state index contributed by atoms with van der Waals surface area (Å²) in [6.45, 7) is 0. The highest BCUT2D eigenvalue weighted by Gasteiger charge is 2.24. The number of aromatic nitrogens is 5. The zero-order valence-electron chi connectivity index (χ0n) is 18.2. The highest BCUT2D eigenvalue weighted by molar-refractivity contribution is 6.17. The van der Waals surface area contributed by atoms with E-state index in [9.17, 15) is 0 Å². The SMILES string of the molecule is Nc1ncccc1-c1nc2ccc(-c3ccc(OC4CC4)nc3)nc2n1-c1ccc(CCl)cc1. The average molecular weight is 469 g/mol. The number of ether oxygens (including phenoxy) is 1. The summed E-state index contributed by atoms with van der Waals surface area (Å²) in [5, 5.41) is 0. The molecule has 1 fully saturated rings. The molecule has 4 heterocycles. The maximum atomic E-state index is 6.22. The molecule has 4 aromatic heterocycles. The van der Waals surface area contributed by atoms with Crippen LogP contribution < -0.4 is 10.5 Å². The molecule has 168 valence electrons. The molecule has 0 spiro atoms. The summed E-state index contributed by atoms with van der Waals surface area (Å²) < 4.78 is 7.78. The molecule has 8 heteroatoms. The van der Waals surface area contributed by atoms with Crippen molar-refractivity contribution < 1.29 is 4.74 Å². The lowest BCUT2D eigenvalue weighted by Crippen LogP contribution is -2.02. The summed E-state index contributed by atoms with van der Waals surface area (Å²) in [6.07, 6.45) is 5.97. The normalized spacial score (nSPS) is 13.3. The average Bonchev–Trinajstić information content (AvgIpc) is 3.61. The fourth-order valence-electron chi connectivity index (χ4n) is 3.84. The molecule has 1 aliphatic carbocycles. The topological polar surface area (TPSA) is 91.7 Å². The van der Waals surface area contributed by atoms with Gasteiger partial charge in [0.25, 0.3) is 0 Å². The smallest absolute Gasteiger partial charge is 0.213 e. The number of hydrogen-bond acceptors (Lipinski definition) is 6. The first-order valence-corrected chi connectivity index (χ1v) is 11.6. The molecule has 2 N–H and O–H groups in total. The molecule has 7 nitrogen and oxygen atoms in total. The van der Waals surface area contributed by atoms with Crippen LogP contribution in [0.2, 0.25) is 0 Å². The van der Waals surface area contributed by atoms with E-state index in [1.807, 2.05) is 65.2 Å². The fraction of sp³-hybridized carbons (Fsp3) is 0.154. The maximum absolute atomic E-state index is 6.22. The number of nitrogens with zero attached hydrogens (tertiary/aromatic N) is 5. The van der Waals surface area contributed by atoms with Gasteiger partial charge in [0, 0.05) is 35.6 Å². The van der Waals surface area contributed by atoms with Gasteiger partial charge in [-0.2, -0.15) is 0 Å². The van der Waals surface area contributed by atoms with Crippen molar-refractivity contribution in [2.45, 2.75) is 24.8 Å². The Bertz CT molecular complexity index is 1480. The van der Waals surface area contributed by atoms with E-state index in [-0.39, 0.29) is 0 Å². The first kappa shape index (κ1) is 20.6. The Balaban J connectivity index is 1.50. The van der Waals surface area contributed by atoms with Crippen LogP contribution in [0.3, 0.4) is 0 Å². The number of nitrogen functional groups attached to an aromatic ring is 1. The van der Waals surface area contributed by atoms with Gasteiger partial charge in [0.2, 0.25) is 5.88 Å². The second kappa shape index (κ2) is 8.43. The molecule has 6 rings (SSSR count). The van der Waals surface area contributed by atoms with Crippen molar-refractivity contribution in [1.82, 2.24) is 24.5 Å². The minimum Gasteiger partial charge on any atom is -0.474 e. The Morgan fingerprint density at radius 2 is 1.82 bits per heavy atom. The highest BCUT2D eigenvalue weighted by atomic mass is 35.5. The fourth-order valence-corrected chi connectivity index (χ4v) is 4.02. The van der Waals surface area contributed by atoms with Gasteiger partial charge in [-0.3, -0.25) is 4.57 Å². The number of anilines is 1. The number of pyridine rings is 3. The molecule has 34 heavy (non-hydrogen) atoms. The van der Waals surface area contributed by atoms with E-state index in [4.69, 9.17) is 32.0 Å². The van der Waals surface area contributed by atoms with Gasteiger partial charge in [-0.15, -0.1) is 11.6 Å². The molecule has 1 aromatic carbocycles. The van der Waals surface area contributed by atoms with Crippen LogP contribution in [0.25, 0.3) is 39.5 Å². The molecule has 0 atom stereocenters. The van der Waals surface area contributed by atoms with Crippen LogP contribution in [0.1, 0.15) is 18.4 Å². The molecule has 0 aliphatic heterocycles. The largest absolute Gasteiger partial charge is 0.474 e. The van der Waals surface area contributed by atoms with E-state index in [1.54, 1.807) is 12.4 Å². The van der Waals surface area contributed by atoms with Crippen LogP contribution in [-0.4, -0.2) is 30.6 Å². The van der Waals surface area contributed by atoms with Crippen LogP contribution in [0, 0.1) is 0 Å². The number of nitrogens with two attached hydrogens (primary N) is 1. The Morgan fingerprint density at radius 1 is 0.971 bits per heavy atom. The lowest BCUT2D eigenvalue weighted by atomic mass is 10.2. The molecule has 0 unspecified atom stereocenters. The molecule has 5 aromatic rings. The van der Waals surface area contributed by atoms with Gasteiger partial charge in [0.15, 0.2) is 11.5 Å². The monoisotopic (exact) mass is 468 g/mol. The van der Waals surface area contributed by atoms with E-state index >= 15 is 0 Å². The summed E-state index contributed by atoms with van der Waals surface area (Å²) in [6, 6.07) is 19.6. The Morgan fingerprint density at radius 3 is 2.53 bits per heavy atom. The van der Waals surface area contributed by atoms with Gasteiger partial charge in [-0.25, -0.2) is 19.9 Å². The third-order valence-corrected chi connectivity index (χ3v) is 6.09. The van der Waals surface area contributed by atoms with Crippen LogP contribution in [0.4, 0.5) is 5.82 Å². The van der Waals surface area contributed by atoms with Crippen LogP contribution in [0.5, 0.6) is 5.88 Å². The quantitative estimate of drug-likeness (QED) is 0.335. The van der Waals surface area contributed by atoms with Crippen molar-refractivity contribution in [2.75, 3.05) is 5.73 Å². The standard InChI is InChI=1S/C26H21ClN6O/c27-14-16-3-6-18(7-4-16)33-25(20-2-1-13-29-24(20)28)32-22-11-10-21(31-26(22)33)17-5-12-23(30-15-17)34-19-8-9-19/h1-7,10-13,15,19H,8-9,14H2,(H2,28,29). The zero-order valence-corrected chi connectivity index (χ0v) is 19.0. The minimum atomic E-state index is 0.311. The third-order valence-electron chi connectivity index (χ3n) is 5.78. The molecule has 1 aliphatic rings. The van der Waals surface area contributed by atoms with E-state index in [1.165, 1.54) is 0 Å². The number of alkyl halides is 1. The Labute approximate surface area is 201 Å². The van der Waals surface area contributed by atoms with Crippen molar-refractivity contribution in [3.63, 3.8) is 0 Å². The molecule has 0 bridgehead atoms. The van der Waals surface area contributed by atoms with Crippen molar-refractivity contribution in [2.24, 2.45) is 0 Å². The molecular weight excluding hydrogens is 448 g/mol. The van der Waals surface area contributed by atoms with Crippen molar-refractivity contribution in [3.05, 3.63) is 78.6 Å². The summed E-state index contributed by atoms with van der Waals surface area (Å²) in [7, 11) is 0. The van der Waals surface area contributed by atoms with Crippen LogP contribution in [-0.2, 0) is 5.88 Å². The number of hydrogen-bond donors (Lipinski definition) is 1. The second-order valence-electron chi connectivity index (χ2n) is 8.25. The Kier molecular flexibility index (Phi) is 5.11. The number of imidazole rings is 1. The summed E-state index contributed by atoms with van der Waals surface area (Å²) in [5.41, 5.74) is 12.1. The predicted octanol–water partition coefficient (Wildman–Crippen LogP) is 5.41. The molecule has 0 radical (unpaired) electrons. The number of rotatable bonds is 6. The molecular formula is C26H21ClN6O. The number of halogens is 1. The summed E-state index contributed by atoms with van der Waals surface area (Å²) >= 11 is 6.01. The van der Waals surface area contributed by atoms with E-state index in [0.29, 0.717) is 35.2 Å². The first-order valence-electron chi connectivity index (χ1n) is 11.1.